The molecule has 3 aromatic carbocycles. The number of aryl methyl sites for hydroxylation is 1. The van der Waals surface area contributed by atoms with Crippen LogP contribution in [0, 0.1) is 12.7 Å². The lowest BCUT2D eigenvalue weighted by atomic mass is 9.95. The molecule has 0 bridgehead atoms. The number of anilines is 1. The highest BCUT2D eigenvalue weighted by Gasteiger charge is 2.47. The molecule has 0 spiro atoms. The zero-order valence-corrected chi connectivity index (χ0v) is 18.6. The van der Waals surface area contributed by atoms with Crippen molar-refractivity contribution in [1.82, 2.24) is 0 Å². The molecule has 3 aromatic rings. The molecule has 1 saturated heterocycles. The van der Waals surface area contributed by atoms with Crippen molar-refractivity contribution in [2.24, 2.45) is 0 Å². The Morgan fingerprint density at radius 3 is 2.42 bits per heavy atom. The van der Waals surface area contributed by atoms with Crippen LogP contribution in [0.5, 0.6) is 0 Å². The number of halogens is 3. The van der Waals surface area contributed by atoms with Gasteiger partial charge < -0.3 is 5.11 Å². The first-order chi connectivity index (χ1) is 14.8. The van der Waals surface area contributed by atoms with E-state index < -0.39 is 23.5 Å². The number of amides is 1. The number of carbonyl (C=O) groups is 2. The molecule has 1 amide bonds. The van der Waals surface area contributed by atoms with E-state index in [4.69, 9.17) is 11.6 Å². The highest BCUT2D eigenvalue weighted by atomic mass is 79.9. The summed E-state index contributed by atoms with van der Waals surface area (Å²) in [6, 6.07) is 16.1. The molecule has 0 radical (unpaired) electrons. The smallest absolute Gasteiger partial charge is 0.300 e. The maximum Gasteiger partial charge on any atom is 0.300 e. The van der Waals surface area contributed by atoms with Crippen LogP contribution >= 0.6 is 27.5 Å². The molecule has 1 atom stereocenters. The predicted octanol–water partition coefficient (Wildman–Crippen LogP) is 6.18. The first-order valence-electron chi connectivity index (χ1n) is 9.36. The summed E-state index contributed by atoms with van der Waals surface area (Å²) < 4.78 is 14.8. The molecular formula is C24H16BrClFNO3. The lowest BCUT2D eigenvalue weighted by Gasteiger charge is -2.26. The number of benzene rings is 3. The fraction of sp³-hybridized carbons (Fsp3) is 0.0833. The second-order valence-electron chi connectivity index (χ2n) is 7.16. The number of aliphatic hydroxyl groups excluding tert-OH is 1. The Labute approximate surface area is 191 Å². The fourth-order valence-corrected chi connectivity index (χ4v) is 4.08. The highest BCUT2D eigenvalue weighted by molar-refractivity contribution is 9.10. The van der Waals surface area contributed by atoms with E-state index in [-0.39, 0.29) is 11.3 Å². The van der Waals surface area contributed by atoms with Crippen molar-refractivity contribution >= 4 is 50.7 Å². The van der Waals surface area contributed by atoms with Gasteiger partial charge in [-0.1, -0.05) is 45.7 Å². The molecular weight excluding hydrogens is 485 g/mol. The van der Waals surface area contributed by atoms with E-state index in [1.54, 1.807) is 48.5 Å². The maximum atomic E-state index is 14.1. The lowest BCUT2D eigenvalue weighted by Crippen LogP contribution is -2.29. The first-order valence-corrected chi connectivity index (χ1v) is 10.5. The molecule has 1 aliphatic rings. The van der Waals surface area contributed by atoms with Crippen molar-refractivity contribution in [3.63, 3.8) is 0 Å². The quantitative estimate of drug-likeness (QED) is 0.266. The van der Waals surface area contributed by atoms with Gasteiger partial charge in [-0.15, -0.1) is 0 Å². The summed E-state index contributed by atoms with van der Waals surface area (Å²) in [4.78, 5) is 27.4. The SMILES string of the molecule is Cc1ccc(N2C(=O)C(=O)/C(=C(\O)c3ccc(Cl)cc3)C2c2cccc(F)c2)cc1Br. The monoisotopic (exact) mass is 499 g/mol. The van der Waals surface area contributed by atoms with Crippen LogP contribution in [-0.2, 0) is 9.59 Å². The number of Topliss-reactive ketones (excluding diaryl/α,β-unsaturated/α-hetero) is 1. The molecule has 0 aromatic heterocycles. The molecule has 4 rings (SSSR count). The molecule has 1 N–H and O–H groups in total. The third-order valence-corrected chi connectivity index (χ3v) is 6.27. The minimum Gasteiger partial charge on any atom is -0.507 e. The van der Waals surface area contributed by atoms with Crippen LogP contribution in [0.3, 0.4) is 0 Å². The average Bonchev–Trinajstić information content (AvgIpc) is 3.01. The van der Waals surface area contributed by atoms with Crippen molar-refractivity contribution in [3.8, 4) is 0 Å². The molecule has 1 heterocycles. The maximum absolute atomic E-state index is 14.1. The number of hydrogen-bond acceptors (Lipinski definition) is 3. The summed E-state index contributed by atoms with van der Waals surface area (Å²) in [5.41, 5.74) is 1.97. The van der Waals surface area contributed by atoms with Gasteiger partial charge in [-0.2, -0.15) is 0 Å². The Kier molecular flexibility index (Phi) is 5.69. The number of aliphatic hydroxyl groups is 1. The van der Waals surface area contributed by atoms with Gasteiger partial charge in [0, 0.05) is 20.7 Å². The second-order valence-corrected chi connectivity index (χ2v) is 8.46. The third kappa shape index (κ3) is 3.89. The number of carbonyl (C=O) groups excluding carboxylic acids is 2. The van der Waals surface area contributed by atoms with Gasteiger partial charge in [0.25, 0.3) is 11.7 Å². The van der Waals surface area contributed by atoms with Gasteiger partial charge in [-0.25, -0.2) is 4.39 Å². The van der Waals surface area contributed by atoms with Crippen LogP contribution in [-0.4, -0.2) is 16.8 Å². The van der Waals surface area contributed by atoms with Crippen molar-refractivity contribution in [1.29, 1.82) is 0 Å². The molecule has 1 aliphatic heterocycles. The highest BCUT2D eigenvalue weighted by Crippen LogP contribution is 2.43. The van der Waals surface area contributed by atoms with E-state index in [9.17, 15) is 19.1 Å². The zero-order chi connectivity index (χ0) is 22.3. The van der Waals surface area contributed by atoms with Crippen LogP contribution < -0.4 is 4.90 Å². The van der Waals surface area contributed by atoms with Crippen molar-refractivity contribution in [2.75, 3.05) is 4.90 Å². The van der Waals surface area contributed by atoms with Crippen LogP contribution in [0.25, 0.3) is 5.76 Å². The van der Waals surface area contributed by atoms with Gasteiger partial charge >= 0.3 is 0 Å². The molecule has 1 fully saturated rings. The molecule has 0 saturated carbocycles. The Balaban J connectivity index is 1.96. The van der Waals surface area contributed by atoms with Crippen LogP contribution in [0.2, 0.25) is 5.02 Å². The summed E-state index contributed by atoms with van der Waals surface area (Å²) >= 11 is 9.37. The Morgan fingerprint density at radius 2 is 1.77 bits per heavy atom. The number of hydrogen-bond donors (Lipinski definition) is 1. The van der Waals surface area contributed by atoms with Crippen LogP contribution in [0.1, 0.15) is 22.7 Å². The van der Waals surface area contributed by atoms with E-state index in [2.05, 4.69) is 15.9 Å². The van der Waals surface area contributed by atoms with Gasteiger partial charge in [0.05, 0.1) is 11.6 Å². The minimum absolute atomic E-state index is 0.116. The fourth-order valence-electron chi connectivity index (χ4n) is 3.59. The van der Waals surface area contributed by atoms with Crippen LogP contribution in [0.4, 0.5) is 10.1 Å². The third-order valence-electron chi connectivity index (χ3n) is 5.16. The number of ketones is 1. The van der Waals surface area contributed by atoms with E-state index in [1.807, 2.05) is 6.92 Å². The standard InChI is InChI=1S/C24H16BrClFNO3/c1-13-5-10-18(12-19(13)25)28-21(15-3-2-4-17(27)11-15)20(23(30)24(28)31)22(29)14-6-8-16(26)9-7-14/h2-12,21,29H,1H3/b22-20-. The molecule has 4 nitrogen and oxygen atoms in total. The average molecular weight is 501 g/mol. The minimum atomic E-state index is -0.999. The molecule has 0 aliphatic carbocycles. The van der Waals surface area contributed by atoms with E-state index >= 15 is 0 Å². The van der Waals surface area contributed by atoms with E-state index in [1.165, 1.54) is 23.1 Å². The molecule has 1 unspecified atom stereocenters. The predicted molar refractivity (Wildman–Crippen MR) is 122 cm³/mol. The van der Waals surface area contributed by atoms with Gasteiger partial charge in [0.2, 0.25) is 0 Å². The summed E-state index contributed by atoms with van der Waals surface area (Å²) in [6.07, 6.45) is 0. The zero-order valence-electron chi connectivity index (χ0n) is 16.3. The van der Waals surface area contributed by atoms with Gasteiger partial charge in [0.15, 0.2) is 0 Å². The lowest BCUT2D eigenvalue weighted by molar-refractivity contribution is -0.132. The van der Waals surface area contributed by atoms with Gasteiger partial charge in [-0.05, 0) is 66.6 Å². The van der Waals surface area contributed by atoms with Gasteiger partial charge in [0.1, 0.15) is 11.6 Å². The Morgan fingerprint density at radius 1 is 1.06 bits per heavy atom. The van der Waals surface area contributed by atoms with E-state index in [0.29, 0.717) is 21.8 Å². The Bertz CT molecular complexity index is 1240. The summed E-state index contributed by atoms with van der Waals surface area (Å²) in [5.74, 6) is -2.52. The summed E-state index contributed by atoms with van der Waals surface area (Å²) in [5, 5.41) is 11.5. The number of nitrogens with zero attached hydrogens (tertiary/aromatic N) is 1. The van der Waals surface area contributed by atoms with E-state index in [0.717, 1.165) is 10.0 Å². The van der Waals surface area contributed by atoms with Crippen LogP contribution in [0.15, 0.2) is 76.8 Å². The summed E-state index contributed by atoms with van der Waals surface area (Å²) in [7, 11) is 0. The van der Waals surface area contributed by atoms with Crippen molar-refractivity contribution in [2.45, 2.75) is 13.0 Å². The Hall–Kier alpha value is -2.96. The summed E-state index contributed by atoms with van der Waals surface area (Å²) in [6.45, 7) is 1.90. The molecule has 31 heavy (non-hydrogen) atoms. The largest absolute Gasteiger partial charge is 0.507 e. The molecule has 156 valence electrons. The first kappa shape index (κ1) is 21.3. The number of rotatable bonds is 3. The molecule has 7 heteroatoms. The van der Waals surface area contributed by atoms with Crippen molar-refractivity contribution < 1.29 is 19.1 Å². The second kappa shape index (κ2) is 8.29. The normalized spacial score (nSPS) is 17.9. The topological polar surface area (TPSA) is 57.6 Å². The van der Waals surface area contributed by atoms with Gasteiger partial charge in [-0.3, -0.25) is 14.5 Å². The van der Waals surface area contributed by atoms with Crippen molar-refractivity contribution in [3.05, 3.63) is 104 Å².